The molecule has 2 nitrogen and oxygen atoms in total. The summed E-state index contributed by atoms with van der Waals surface area (Å²) in [5, 5.41) is 0. The average Bonchev–Trinajstić information content (AvgIpc) is 2.26. The molecule has 0 radical (unpaired) electrons. The molecule has 19 heavy (non-hydrogen) atoms. The molecule has 0 bridgehead atoms. The average molecular weight is 388 g/mol. The van der Waals surface area contributed by atoms with Crippen molar-refractivity contribution >= 4 is 31.9 Å². The van der Waals surface area contributed by atoms with Gasteiger partial charge in [0, 0.05) is 20.7 Å². The lowest BCUT2D eigenvalue weighted by Crippen LogP contribution is -2.17. The normalized spacial score (nSPS) is 12.5. The quantitative estimate of drug-likeness (QED) is 0.828. The highest BCUT2D eigenvalue weighted by atomic mass is 79.9. The van der Waals surface area contributed by atoms with Crippen LogP contribution in [0.25, 0.3) is 0 Å². The molecule has 0 amide bonds. The maximum absolute atomic E-state index is 14.1. The highest BCUT2D eigenvalue weighted by Crippen LogP contribution is 2.30. The topological polar surface area (TPSA) is 38.9 Å². The zero-order valence-electron chi connectivity index (χ0n) is 10.5. The minimum absolute atomic E-state index is 0.290. The summed E-state index contributed by atoms with van der Waals surface area (Å²) in [5.41, 5.74) is 9.00. The van der Waals surface area contributed by atoms with Crippen LogP contribution < -0.4 is 5.73 Å². The van der Waals surface area contributed by atoms with E-state index >= 15 is 0 Å². The highest BCUT2D eigenvalue weighted by Gasteiger charge is 2.20. The number of hydrogen-bond acceptors (Lipinski definition) is 2. The first-order valence-electron chi connectivity index (χ1n) is 5.73. The molecule has 0 aliphatic heterocycles. The van der Waals surface area contributed by atoms with Gasteiger partial charge in [0.05, 0.1) is 11.7 Å². The summed E-state index contributed by atoms with van der Waals surface area (Å²) < 4.78 is 15.7. The van der Waals surface area contributed by atoms with Gasteiger partial charge in [-0.25, -0.2) is 4.39 Å². The van der Waals surface area contributed by atoms with Crippen molar-refractivity contribution < 1.29 is 4.39 Å². The second-order valence-electron chi connectivity index (χ2n) is 4.48. The number of pyridine rings is 1. The molecule has 1 atom stereocenters. The third-order valence-corrected chi connectivity index (χ3v) is 3.99. The first kappa shape index (κ1) is 14.6. The molecule has 1 aromatic carbocycles. The Hall–Kier alpha value is -0.780. The van der Waals surface area contributed by atoms with Gasteiger partial charge in [-0.15, -0.1) is 0 Å². The van der Waals surface area contributed by atoms with Gasteiger partial charge >= 0.3 is 0 Å². The number of rotatable bonds is 2. The van der Waals surface area contributed by atoms with Crippen LogP contribution in [-0.4, -0.2) is 4.98 Å². The molecule has 2 rings (SSSR count). The van der Waals surface area contributed by atoms with Gasteiger partial charge in [-0.2, -0.15) is 0 Å². The first-order chi connectivity index (χ1) is 8.90. The monoisotopic (exact) mass is 386 g/mol. The van der Waals surface area contributed by atoms with Crippen LogP contribution in [-0.2, 0) is 0 Å². The van der Waals surface area contributed by atoms with E-state index in [1.807, 2.05) is 26.0 Å². The van der Waals surface area contributed by atoms with Crippen molar-refractivity contribution in [3.63, 3.8) is 0 Å². The molecular weight excluding hydrogens is 375 g/mol. The predicted octanol–water partition coefficient (Wildman–Crippen LogP) is 4.41. The zero-order valence-corrected chi connectivity index (χ0v) is 13.7. The molecule has 2 aromatic rings. The summed E-state index contributed by atoms with van der Waals surface area (Å²) in [6, 6.07) is 4.67. The Kier molecular flexibility index (Phi) is 4.38. The molecule has 0 saturated heterocycles. The fourth-order valence-electron chi connectivity index (χ4n) is 2.11. The molecular formula is C14H13Br2FN2. The van der Waals surface area contributed by atoms with E-state index in [0.29, 0.717) is 11.3 Å². The van der Waals surface area contributed by atoms with Crippen molar-refractivity contribution in [3.05, 3.63) is 61.5 Å². The van der Waals surface area contributed by atoms with Crippen molar-refractivity contribution in [1.82, 2.24) is 4.98 Å². The third-order valence-electron chi connectivity index (χ3n) is 2.92. The summed E-state index contributed by atoms with van der Waals surface area (Å²) in [4.78, 5) is 4.27. The number of hydrogen-bond donors (Lipinski definition) is 1. The number of aryl methyl sites for hydroxylation is 2. The second kappa shape index (κ2) is 5.69. The second-order valence-corrected chi connectivity index (χ2v) is 6.25. The Morgan fingerprint density at radius 1 is 1.21 bits per heavy atom. The Morgan fingerprint density at radius 2 is 1.89 bits per heavy atom. The molecule has 0 saturated carbocycles. The van der Waals surface area contributed by atoms with E-state index < -0.39 is 6.04 Å². The van der Waals surface area contributed by atoms with Crippen molar-refractivity contribution in [2.24, 2.45) is 5.73 Å². The van der Waals surface area contributed by atoms with Gasteiger partial charge in [-0.05, 0) is 69.0 Å². The van der Waals surface area contributed by atoms with E-state index in [4.69, 9.17) is 5.73 Å². The summed E-state index contributed by atoms with van der Waals surface area (Å²) in [7, 11) is 0. The van der Waals surface area contributed by atoms with Gasteiger partial charge in [-0.3, -0.25) is 4.98 Å². The van der Waals surface area contributed by atoms with Crippen molar-refractivity contribution in [1.29, 1.82) is 0 Å². The van der Waals surface area contributed by atoms with Gasteiger partial charge < -0.3 is 5.73 Å². The van der Waals surface area contributed by atoms with Crippen LogP contribution in [0.3, 0.4) is 0 Å². The molecule has 0 spiro atoms. The van der Waals surface area contributed by atoms with Crippen LogP contribution in [0.2, 0.25) is 0 Å². The SMILES string of the molecule is Cc1cc(C)c(C(N)c2ncc(Br)cc2Br)c(F)c1. The molecule has 100 valence electrons. The summed E-state index contributed by atoms with van der Waals surface area (Å²) in [5.74, 6) is -0.290. The van der Waals surface area contributed by atoms with Gasteiger partial charge in [0.1, 0.15) is 5.82 Å². The summed E-state index contributed by atoms with van der Waals surface area (Å²) >= 11 is 6.75. The molecule has 0 fully saturated rings. The number of halogens is 3. The lowest BCUT2D eigenvalue weighted by molar-refractivity contribution is 0.593. The van der Waals surface area contributed by atoms with Crippen molar-refractivity contribution in [3.8, 4) is 0 Å². The van der Waals surface area contributed by atoms with E-state index in [1.54, 1.807) is 6.20 Å². The van der Waals surface area contributed by atoms with Crippen LogP contribution in [0.15, 0.2) is 33.3 Å². The van der Waals surface area contributed by atoms with Crippen LogP contribution in [0, 0.1) is 19.7 Å². The van der Waals surface area contributed by atoms with E-state index in [-0.39, 0.29) is 5.82 Å². The summed E-state index contributed by atoms with van der Waals surface area (Å²) in [6.07, 6.45) is 1.65. The van der Waals surface area contributed by atoms with E-state index in [1.165, 1.54) is 6.07 Å². The Labute approximate surface area is 128 Å². The fourth-order valence-corrected chi connectivity index (χ4v) is 3.35. The van der Waals surface area contributed by atoms with Crippen molar-refractivity contribution in [2.75, 3.05) is 0 Å². The first-order valence-corrected chi connectivity index (χ1v) is 7.32. The fraction of sp³-hybridized carbons (Fsp3) is 0.214. The molecule has 5 heteroatoms. The van der Waals surface area contributed by atoms with Gasteiger partial charge in [0.15, 0.2) is 0 Å². The summed E-state index contributed by atoms with van der Waals surface area (Å²) in [6.45, 7) is 3.72. The molecule has 0 aliphatic rings. The van der Waals surface area contributed by atoms with E-state index in [0.717, 1.165) is 20.1 Å². The zero-order chi connectivity index (χ0) is 14.2. The maximum Gasteiger partial charge on any atom is 0.128 e. The predicted molar refractivity (Wildman–Crippen MR) is 81.5 cm³/mol. The minimum Gasteiger partial charge on any atom is -0.319 e. The molecule has 1 aromatic heterocycles. The lowest BCUT2D eigenvalue weighted by atomic mass is 9.96. The van der Waals surface area contributed by atoms with Crippen LogP contribution in [0.5, 0.6) is 0 Å². The van der Waals surface area contributed by atoms with E-state index in [9.17, 15) is 4.39 Å². The molecule has 1 heterocycles. The van der Waals surface area contributed by atoms with Crippen LogP contribution in [0.1, 0.15) is 28.4 Å². The third kappa shape index (κ3) is 3.04. The Bertz CT molecular complexity index is 606. The maximum atomic E-state index is 14.1. The van der Waals surface area contributed by atoms with Gasteiger partial charge in [0.2, 0.25) is 0 Å². The number of benzene rings is 1. The Balaban J connectivity index is 2.53. The molecule has 0 aliphatic carbocycles. The number of aromatic nitrogens is 1. The standard InChI is InChI=1S/C14H13Br2FN2/c1-7-3-8(2)12(11(17)4-7)13(18)14-10(16)5-9(15)6-19-14/h3-6,13H,18H2,1-2H3. The number of nitrogens with zero attached hydrogens (tertiary/aromatic N) is 1. The van der Waals surface area contributed by atoms with Gasteiger partial charge in [-0.1, -0.05) is 6.07 Å². The highest BCUT2D eigenvalue weighted by molar-refractivity contribution is 9.11. The van der Waals surface area contributed by atoms with Crippen molar-refractivity contribution in [2.45, 2.75) is 19.9 Å². The van der Waals surface area contributed by atoms with Crippen LogP contribution in [0.4, 0.5) is 4.39 Å². The number of nitrogens with two attached hydrogens (primary N) is 1. The Morgan fingerprint density at radius 3 is 2.47 bits per heavy atom. The smallest absolute Gasteiger partial charge is 0.128 e. The van der Waals surface area contributed by atoms with Crippen LogP contribution >= 0.6 is 31.9 Å². The molecule has 1 unspecified atom stereocenters. The van der Waals surface area contributed by atoms with E-state index in [2.05, 4.69) is 36.8 Å². The van der Waals surface area contributed by atoms with Gasteiger partial charge in [0.25, 0.3) is 0 Å². The molecule has 2 N–H and O–H groups in total. The minimum atomic E-state index is -0.594. The lowest BCUT2D eigenvalue weighted by Gasteiger charge is -2.17. The largest absolute Gasteiger partial charge is 0.319 e.